The summed E-state index contributed by atoms with van der Waals surface area (Å²) in [5.41, 5.74) is 5.09. The summed E-state index contributed by atoms with van der Waals surface area (Å²) in [6.45, 7) is -0.444. The largest absolute Gasteiger partial charge is 0.480 e. The van der Waals surface area contributed by atoms with Crippen LogP contribution in [-0.4, -0.2) is 28.7 Å². The number of rotatable bonds is 3. The number of alkyl halides is 3. The summed E-state index contributed by atoms with van der Waals surface area (Å²) in [5.74, 6) is -1.11. The Labute approximate surface area is 102 Å². The van der Waals surface area contributed by atoms with Crippen molar-refractivity contribution < 1.29 is 18.7 Å². The first kappa shape index (κ1) is 13.9. The van der Waals surface area contributed by atoms with Gasteiger partial charge >= 0.3 is 11.4 Å². The lowest BCUT2D eigenvalue weighted by Crippen LogP contribution is -2.25. The third kappa shape index (κ3) is 3.96. The fraction of sp³-hybridized carbons (Fsp3) is 0.600. The number of aliphatic imine (C=N–C) groups is 1. The third-order valence-corrected chi connectivity index (χ3v) is 2.68. The van der Waals surface area contributed by atoms with Gasteiger partial charge in [-0.05, 0) is 42.9 Å². The first-order valence-electron chi connectivity index (χ1n) is 5.13. The number of allylic oxidation sites excluding steroid dienone is 2. The third-order valence-electron chi connectivity index (χ3n) is 2.47. The van der Waals surface area contributed by atoms with Crippen LogP contribution >= 0.6 is 11.6 Å². The molecule has 0 unspecified atom stereocenters. The van der Waals surface area contributed by atoms with E-state index in [0.717, 1.165) is 12.8 Å². The highest BCUT2D eigenvalue weighted by molar-refractivity contribution is 6.24. The first-order chi connectivity index (χ1) is 7.82. The molecule has 1 saturated carbocycles. The highest BCUT2D eigenvalue weighted by atomic mass is 35.5. The lowest BCUT2D eigenvalue weighted by atomic mass is 9.91. The Balaban J connectivity index is 3.01. The van der Waals surface area contributed by atoms with Crippen LogP contribution in [0.4, 0.5) is 8.78 Å². The molecule has 1 aliphatic carbocycles. The molecule has 1 rings (SSSR count). The van der Waals surface area contributed by atoms with E-state index >= 15 is 0 Å². The van der Waals surface area contributed by atoms with E-state index in [4.69, 9.17) is 22.4 Å². The van der Waals surface area contributed by atoms with Crippen LogP contribution in [0.25, 0.3) is 0 Å². The summed E-state index contributed by atoms with van der Waals surface area (Å²) in [6, 6.07) is 0. The van der Waals surface area contributed by atoms with Crippen LogP contribution in [0.1, 0.15) is 25.7 Å². The van der Waals surface area contributed by atoms with Gasteiger partial charge in [-0.1, -0.05) is 0 Å². The predicted molar refractivity (Wildman–Crippen MR) is 60.4 cm³/mol. The second kappa shape index (κ2) is 5.44. The molecular formula is C10H13ClF2N2O2. The SMILES string of the molecule is NC(=C1CCCCC1=NCC(=O)O)C(F)(F)Cl. The minimum Gasteiger partial charge on any atom is -0.480 e. The number of carbonyl (C=O) groups is 1. The van der Waals surface area contributed by atoms with Gasteiger partial charge in [0.2, 0.25) is 0 Å². The van der Waals surface area contributed by atoms with Crippen LogP contribution in [0.3, 0.4) is 0 Å². The summed E-state index contributed by atoms with van der Waals surface area (Å²) in [7, 11) is 0. The van der Waals surface area contributed by atoms with Crippen molar-refractivity contribution in [3.8, 4) is 0 Å². The molecule has 0 aromatic heterocycles. The van der Waals surface area contributed by atoms with Gasteiger partial charge in [-0.25, -0.2) is 0 Å². The number of nitrogens with two attached hydrogens (primary N) is 1. The van der Waals surface area contributed by atoms with Crippen LogP contribution in [0.15, 0.2) is 16.3 Å². The molecule has 0 saturated heterocycles. The Morgan fingerprint density at radius 2 is 2.06 bits per heavy atom. The monoisotopic (exact) mass is 266 g/mol. The Morgan fingerprint density at radius 3 is 2.59 bits per heavy atom. The highest BCUT2D eigenvalue weighted by Gasteiger charge is 2.33. The maximum atomic E-state index is 12.9. The zero-order valence-electron chi connectivity index (χ0n) is 9.05. The molecule has 1 aliphatic rings. The van der Waals surface area contributed by atoms with Gasteiger partial charge in [0.05, 0.1) is 5.70 Å². The molecule has 17 heavy (non-hydrogen) atoms. The summed E-state index contributed by atoms with van der Waals surface area (Å²) in [4.78, 5) is 14.2. The fourth-order valence-electron chi connectivity index (χ4n) is 1.69. The van der Waals surface area contributed by atoms with Gasteiger partial charge in [-0.15, -0.1) is 0 Å². The minimum atomic E-state index is -3.61. The molecule has 0 atom stereocenters. The van der Waals surface area contributed by atoms with E-state index in [1.54, 1.807) is 0 Å². The molecule has 7 heteroatoms. The van der Waals surface area contributed by atoms with Crippen LogP contribution in [-0.2, 0) is 4.79 Å². The van der Waals surface area contributed by atoms with Gasteiger partial charge in [0.1, 0.15) is 6.54 Å². The van der Waals surface area contributed by atoms with Crippen LogP contribution in [0.5, 0.6) is 0 Å². The standard InChI is InChI=1S/C10H13ClF2N2O2/c11-10(12,13)9(14)6-3-1-2-4-7(6)15-5-8(16)17/h1-5,14H2,(H,16,17). The van der Waals surface area contributed by atoms with Gasteiger partial charge in [-0.3, -0.25) is 9.79 Å². The predicted octanol–water partition coefficient (Wildman–Crippen LogP) is 2.13. The van der Waals surface area contributed by atoms with Crippen LogP contribution in [0, 0.1) is 0 Å². The molecule has 0 amide bonds. The van der Waals surface area contributed by atoms with Crippen molar-refractivity contribution in [3.63, 3.8) is 0 Å². The maximum absolute atomic E-state index is 12.9. The van der Waals surface area contributed by atoms with Gasteiger partial charge in [0, 0.05) is 5.71 Å². The van der Waals surface area contributed by atoms with E-state index in [1.165, 1.54) is 0 Å². The van der Waals surface area contributed by atoms with Crippen molar-refractivity contribution in [1.82, 2.24) is 0 Å². The molecule has 0 aliphatic heterocycles. The molecule has 4 nitrogen and oxygen atoms in total. The maximum Gasteiger partial charge on any atom is 0.362 e. The van der Waals surface area contributed by atoms with E-state index in [0.29, 0.717) is 18.6 Å². The molecule has 0 bridgehead atoms. The van der Waals surface area contributed by atoms with E-state index < -0.39 is 23.6 Å². The average Bonchev–Trinajstić information content (AvgIpc) is 2.24. The zero-order valence-corrected chi connectivity index (χ0v) is 9.81. The summed E-state index contributed by atoms with van der Waals surface area (Å²) in [5, 5.41) is 4.89. The Kier molecular flexibility index (Phi) is 4.45. The molecule has 0 heterocycles. The van der Waals surface area contributed by atoms with Gasteiger partial charge in [0.25, 0.3) is 0 Å². The molecule has 0 aromatic carbocycles. The summed E-state index contributed by atoms with van der Waals surface area (Å²) in [6.07, 6.45) is 2.31. The van der Waals surface area contributed by atoms with E-state index in [9.17, 15) is 13.6 Å². The molecule has 0 spiro atoms. The van der Waals surface area contributed by atoms with Crippen LogP contribution < -0.4 is 5.73 Å². The second-order valence-electron chi connectivity index (χ2n) is 3.75. The van der Waals surface area contributed by atoms with Crippen LogP contribution in [0.2, 0.25) is 0 Å². The topological polar surface area (TPSA) is 75.7 Å². The van der Waals surface area contributed by atoms with Crippen molar-refractivity contribution in [2.24, 2.45) is 10.7 Å². The van der Waals surface area contributed by atoms with Crippen molar-refractivity contribution >= 4 is 23.3 Å². The van der Waals surface area contributed by atoms with E-state index in [-0.39, 0.29) is 5.57 Å². The first-order valence-corrected chi connectivity index (χ1v) is 5.51. The molecule has 0 radical (unpaired) electrons. The van der Waals surface area contributed by atoms with Crippen molar-refractivity contribution in [3.05, 3.63) is 11.3 Å². The van der Waals surface area contributed by atoms with Gasteiger partial charge < -0.3 is 10.8 Å². The summed E-state index contributed by atoms with van der Waals surface area (Å²) >= 11 is 4.86. The van der Waals surface area contributed by atoms with Crippen molar-refractivity contribution in [2.45, 2.75) is 31.1 Å². The quantitative estimate of drug-likeness (QED) is 0.769. The number of hydrogen-bond acceptors (Lipinski definition) is 3. The minimum absolute atomic E-state index is 0.192. The summed E-state index contributed by atoms with van der Waals surface area (Å²) < 4.78 is 25.8. The van der Waals surface area contributed by atoms with Crippen molar-refractivity contribution in [2.75, 3.05) is 6.54 Å². The van der Waals surface area contributed by atoms with E-state index in [2.05, 4.69) is 4.99 Å². The molecule has 1 fully saturated rings. The number of carboxylic acid groups (broad SMARTS) is 1. The van der Waals surface area contributed by atoms with Gasteiger partial charge in [0.15, 0.2) is 0 Å². The number of hydrogen-bond donors (Lipinski definition) is 2. The Bertz CT molecular complexity index is 375. The highest BCUT2D eigenvalue weighted by Crippen LogP contribution is 2.32. The zero-order chi connectivity index (χ0) is 13.1. The fourth-order valence-corrected chi connectivity index (χ4v) is 1.80. The average molecular weight is 267 g/mol. The number of halogens is 3. The number of aliphatic carboxylic acids is 1. The molecule has 96 valence electrons. The lowest BCUT2D eigenvalue weighted by molar-refractivity contribution is -0.135. The molecular weight excluding hydrogens is 254 g/mol. The normalized spacial score (nSPS) is 22.6. The lowest BCUT2D eigenvalue weighted by Gasteiger charge is -2.21. The Hall–Kier alpha value is -1.17. The molecule has 3 N–H and O–H groups in total. The second-order valence-corrected chi connectivity index (χ2v) is 4.23. The Morgan fingerprint density at radius 1 is 1.47 bits per heavy atom. The molecule has 0 aromatic rings. The van der Waals surface area contributed by atoms with E-state index in [1.807, 2.05) is 0 Å². The number of carboxylic acids is 1. The smallest absolute Gasteiger partial charge is 0.362 e. The van der Waals surface area contributed by atoms with Gasteiger partial charge in [-0.2, -0.15) is 8.78 Å². The van der Waals surface area contributed by atoms with Crippen molar-refractivity contribution in [1.29, 1.82) is 0 Å². The number of nitrogens with zero attached hydrogens (tertiary/aromatic N) is 1.